The summed E-state index contributed by atoms with van der Waals surface area (Å²) in [5.74, 6) is 1.46. The highest BCUT2D eigenvalue weighted by Crippen LogP contribution is 2.35. The topological polar surface area (TPSA) is 21.3 Å². The number of hydrogen-bond donors (Lipinski definition) is 1. The Bertz CT molecular complexity index is 604. The number of methoxy groups -OCH3 is 1. The molecule has 1 N–H and O–H groups in total. The summed E-state index contributed by atoms with van der Waals surface area (Å²) in [5.41, 5.74) is 5.39. The fourth-order valence-electron chi connectivity index (χ4n) is 2.94. The maximum absolute atomic E-state index is 5.36. The van der Waals surface area contributed by atoms with E-state index < -0.39 is 0 Å². The van der Waals surface area contributed by atoms with Gasteiger partial charge in [0.1, 0.15) is 5.75 Å². The van der Waals surface area contributed by atoms with Crippen LogP contribution < -0.4 is 10.1 Å². The van der Waals surface area contributed by atoms with Gasteiger partial charge in [0.15, 0.2) is 0 Å². The quantitative estimate of drug-likeness (QED) is 0.857. The highest BCUT2D eigenvalue weighted by molar-refractivity contribution is 5.45. The second-order valence-corrected chi connectivity index (χ2v) is 5.65. The van der Waals surface area contributed by atoms with Crippen LogP contribution >= 0.6 is 0 Å². The average molecular weight is 297 g/mol. The molecule has 0 radical (unpaired) electrons. The van der Waals surface area contributed by atoms with Crippen molar-refractivity contribution in [1.29, 1.82) is 0 Å². The largest absolute Gasteiger partial charge is 0.497 e. The Kier molecular flexibility index (Phi) is 5.62. The normalized spacial score (nSPS) is 19.7. The van der Waals surface area contributed by atoms with Crippen LogP contribution in [-0.2, 0) is 0 Å². The summed E-state index contributed by atoms with van der Waals surface area (Å²) in [6.45, 7) is 9.38. The van der Waals surface area contributed by atoms with Gasteiger partial charge in [0.05, 0.1) is 13.2 Å². The van der Waals surface area contributed by atoms with Crippen LogP contribution in [0.25, 0.3) is 0 Å². The molecule has 2 atom stereocenters. The van der Waals surface area contributed by atoms with Gasteiger partial charge in [-0.05, 0) is 41.7 Å². The van der Waals surface area contributed by atoms with Gasteiger partial charge in [-0.2, -0.15) is 0 Å². The minimum atomic E-state index is 0.285. The third-order valence-electron chi connectivity index (χ3n) is 4.17. The van der Waals surface area contributed by atoms with Crippen molar-refractivity contribution in [2.24, 2.45) is 0 Å². The molecule has 0 aromatic heterocycles. The number of benzene rings is 2. The summed E-state index contributed by atoms with van der Waals surface area (Å²) >= 11 is 0. The second kappa shape index (κ2) is 7.46. The van der Waals surface area contributed by atoms with Crippen LogP contribution in [0.2, 0.25) is 0 Å². The van der Waals surface area contributed by atoms with Crippen molar-refractivity contribution in [3.05, 3.63) is 64.7 Å². The van der Waals surface area contributed by atoms with Gasteiger partial charge in [-0.1, -0.05) is 56.7 Å². The van der Waals surface area contributed by atoms with Crippen LogP contribution in [0.1, 0.15) is 55.0 Å². The van der Waals surface area contributed by atoms with Gasteiger partial charge in [0.25, 0.3) is 0 Å². The fraction of sp³-hybridized carbons (Fsp3) is 0.400. The predicted octanol–water partition coefficient (Wildman–Crippen LogP) is 4.83. The summed E-state index contributed by atoms with van der Waals surface area (Å²) in [6, 6.07) is 15.5. The molecule has 0 spiro atoms. The van der Waals surface area contributed by atoms with Crippen LogP contribution in [0, 0.1) is 6.92 Å². The van der Waals surface area contributed by atoms with E-state index in [1.807, 2.05) is 13.8 Å². The van der Waals surface area contributed by atoms with Crippen molar-refractivity contribution in [3.63, 3.8) is 0 Å². The lowest BCUT2D eigenvalue weighted by Gasteiger charge is -2.31. The van der Waals surface area contributed by atoms with Gasteiger partial charge in [0.2, 0.25) is 0 Å². The SMILES string of the molecule is CC.COc1ccc2c(c1)C(C)CNC2c1ccc(C)cc1. The third-order valence-corrected chi connectivity index (χ3v) is 4.17. The van der Waals surface area contributed by atoms with E-state index in [1.165, 1.54) is 22.3 Å². The molecule has 1 heterocycles. The molecule has 118 valence electrons. The molecule has 3 rings (SSSR count). The van der Waals surface area contributed by atoms with E-state index in [-0.39, 0.29) is 6.04 Å². The van der Waals surface area contributed by atoms with E-state index in [1.54, 1.807) is 7.11 Å². The number of hydrogen-bond acceptors (Lipinski definition) is 2. The number of rotatable bonds is 2. The summed E-state index contributed by atoms with van der Waals surface area (Å²) in [5, 5.41) is 3.66. The first kappa shape index (κ1) is 16.6. The molecule has 1 aliphatic heterocycles. The van der Waals surface area contributed by atoms with Gasteiger partial charge in [0, 0.05) is 6.54 Å². The Labute approximate surface area is 134 Å². The molecule has 1 aliphatic rings. The van der Waals surface area contributed by atoms with Crippen molar-refractivity contribution in [3.8, 4) is 5.75 Å². The molecule has 0 aliphatic carbocycles. The number of nitrogens with one attached hydrogen (secondary N) is 1. The van der Waals surface area contributed by atoms with Gasteiger partial charge < -0.3 is 10.1 Å². The number of ether oxygens (including phenoxy) is 1. The van der Waals surface area contributed by atoms with Crippen molar-refractivity contribution in [2.75, 3.05) is 13.7 Å². The van der Waals surface area contributed by atoms with Gasteiger partial charge in [-0.3, -0.25) is 0 Å². The van der Waals surface area contributed by atoms with Crippen LogP contribution in [0.4, 0.5) is 0 Å². The highest BCUT2D eigenvalue weighted by Gasteiger charge is 2.25. The van der Waals surface area contributed by atoms with Crippen molar-refractivity contribution in [1.82, 2.24) is 5.32 Å². The summed E-state index contributed by atoms with van der Waals surface area (Å²) in [6.07, 6.45) is 0. The van der Waals surface area contributed by atoms with Crippen molar-refractivity contribution in [2.45, 2.75) is 39.7 Å². The molecule has 0 bridgehead atoms. The smallest absolute Gasteiger partial charge is 0.119 e. The molecule has 0 amide bonds. The lowest BCUT2D eigenvalue weighted by Crippen LogP contribution is -2.32. The molecule has 2 heteroatoms. The standard InChI is InChI=1S/C18H21NO.C2H6/c1-12-4-6-14(7-5-12)18-16-9-8-15(20-3)10-17(16)13(2)11-19-18;1-2/h4-10,13,18-19H,11H2,1-3H3;1-2H3. The summed E-state index contributed by atoms with van der Waals surface area (Å²) in [7, 11) is 1.73. The lowest BCUT2D eigenvalue weighted by atomic mass is 9.84. The monoisotopic (exact) mass is 297 g/mol. The zero-order valence-electron chi connectivity index (χ0n) is 14.3. The Hall–Kier alpha value is -1.80. The number of aryl methyl sites for hydroxylation is 1. The Morgan fingerprint density at radius 1 is 1.00 bits per heavy atom. The van der Waals surface area contributed by atoms with E-state index in [2.05, 4.69) is 61.6 Å². The van der Waals surface area contributed by atoms with Crippen LogP contribution in [0.15, 0.2) is 42.5 Å². The molecule has 2 aromatic rings. The zero-order chi connectivity index (χ0) is 16.1. The molecule has 0 saturated carbocycles. The maximum atomic E-state index is 5.36. The summed E-state index contributed by atoms with van der Waals surface area (Å²) < 4.78 is 5.36. The molecule has 2 aromatic carbocycles. The van der Waals surface area contributed by atoms with E-state index in [0.29, 0.717) is 5.92 Å². The maximum Gasteiger partial charge on any atom is 0.119 e. The van der Waals surface area contributed by atoms with Crippen molar-refractivity contribution < 1.29 is 4.74 Å². The molecule has 0 saturated heterocycles. The first-order valence-electron chi connectivity index (χ1n) is 8.17. The molecule has 0 fully saturated rings. The van der Waals surface area contributed by atoms with Crippen LogP contribution in [0.3, 0.4) is 0 Å². The predicted molar refractivity (Wildman–Crippen MR) is 93.8 cm³/mol. The van der Waals surface area contributed by atoms with Gasteiger partial charge in [-0.25, -0.2) is 0 Å². The fourth-order valence-corrected chi connectivity index (χ4v) is 2.94. The van der Waals surface area contributed by atoms with Crippen LogP contribution in [-0.4, -0.2) is 13.7 Å². The average Bonchev–Trinajstić information content (AvgIpc) is 2.58. The lowest BCUT2D eigenvalue weighted by molar-refractivity contribution is 0.411. The Morgan fingerprint density at radius 3 is 2.32 bits per heavy atom. The van der Waals surface area contributed by atoms with E-state index >= 15 is 0 Å². The van der Waals surface area contributed by atoms with E-state index in [9.17, 15) is 0 Å². The van der Waals surface area contributed by atoms with Gasteiger partial charge in [-0.15, -0.1) is 0 Å². The number of fused-ring (bicyclic) bond motifs is 1. The molecule has 22 heavy (non-hydrogen) atoms. The minimum absolute atomic E-state index is 0.285. The summed E-state index contributed by atoms with van der Waals surface area (Å²) in [4.78, 5) is 0. The van der Waals surface area contributed by atoms with E-state index in [4.69, 9.17) is 4.74 Å². The van der Waals surface area contributed by atoms with Gasteiger partial charge >= 0.3 is 0 Å². The van der Waals surface area contributed by atoms with Crippen LogP contribution in [0.5, 0.6) is 5.75 Å². The molecule has 2 unspecified atom stereocenters. The first-order chi connectivity index (χ1) is 10.7. The molecule has 2 nitrogen and oxygen atoms in total. The Balaban J connectivity index is 0.000000847. The zero-order valence-corrected chi connectivity index (χ0v) is 14.3. The second-order valence-electron chi connectivity index (χ2n) is 5.65. The highest BCUT2D eigenvalue weighted by atomic mass is 16.5. The van der Waals surface area contributed by atoms with Crippen molar-refractivity contribution >= 4 is 0 Å². The Morgan fingerprint density at radius 2 is 1.68 bits per heavy atom. The molecular formula is C20H27NO. The molecular weight excluding hydrogens is 270 g/mol. The third kappa shape index (κ3) is 3.33. The minimum Gasteiger partial charge on any atom is -0.497 e. The van der Waals surface area contributed by atoms with E-state index in [0.717, 1.165) is 12.3 Å². The first-order valence-corrected chi connectivity index (χ1v) is 8.17.